The van der Waals surface area contributed by atoms with Crippen molar-refractivity contribution in [3.05, 3.63) is 0 Å². The van der Waals surface area contributed by atoms with E-state index in [9.17, 15) is 15.0 Å². The van der Waals surface area contributed by atoms with E-state index in [0.717, 1.165) is 0 Å². The number of methoxy groups -OCH3 is 1. The molecule has 0 aliphatic rings. The molecule has 0 aliphatic carbocycles. The first-order valence-corrected chi connectivity index (χ1v) is 5.49. The van der Waals surface area contributed by atoms with Crippen LogP contribution in [0.15, 0.2) is 0 Å². The van der Waals surface area contributed by atoms with Gasteiger partial charge in [-0.05, 0) is 19.3 Å². The van der Waals surface area contributed by atoms with E-state index in [1.165, 1.54) is 14.0 Å². The van der Waals surface area contributed by atoms with Gasteiger partial charge in [0.25, 0.3) is 0 Å². The van der Waals surface area contributed by atoms with Gasteiger partial charge in [0.2, 0.25) is 0 Å². The largest absolute Gasteiger partial charge is 0.467 e. The average molecular weight is 233 g/mol. The molecule has 0 aromatic heterocycles. The third kappa shape index (κ3) is 6.05. The molecule has 2 unspecified atom stereocenters. The van der Waals surface area contributed by atoms with E-state index in [0.29, 0.717) is 18.9 Å². The molecule has 0 aromatic rings. The number of esters is 1. The number of aliphatic hydroxyl groups is 2. The molecule has 0 aliphatic heterocycles. The van der Waals surface area contributed by atoms with Gasteiger partial charge in [0.05, 0.1) is 13.2 Å². The monoisotopic (exact) mass is 233 g/mol. The van der Waals surface area contributed by atoms with E-state index < -0.39 is 17.7 Å². The minimum atomic E-state index is -1.55. The fourth-order valence-electron chi connectivity index (χ4n) is 1.40. The molecule has 0 spiro atoms. The number of carbonyl (C=O) groups excluding carboxylic acids is 1. The Labute approximate surface area is 96.8 Å². The lowest BCUT2D eigenvalue weighted by atomic mass is 10.1. The minimum absolute atomic E-state index is 0.0643. The molecular weight excluding hydrogens is 210 g/mol. The fraction of sp³-hybridized carbons (Fsp3) is 0.909. The van der Waals surface area contributed by atoms with Gasteiger partial charge in [-0.15, -0.1) is 0 Å². The van der Waals surface area contributed by atoms with Crippen LogP contribution >= 0.6 is 0 Å². The SMILES string of the molecule is COC(=O)C(C)(O)CNCC(O)CC(C)C. The van der Waals surface area contributed by atoms with Crippen LogP contribution in [0.2, 0.25) is 0 Å². The van der Waals surface area contributed by atoms with Crippen LogP contribution in [-0.2, 0) is 9.53 Å². The van der Waals surface area contributed by atoms with Crippen molar-refractivity contribution < 1.29 is 19.7 Å². The predicted octanol–water partition coefficient (Wildman–Crippen LogP) is -0.0930. The van der Waals surface area contributed by atoms with Crippen LogP contribution in [0.1, 0.15) is 27.2 Å². The Morgan fingerprint density at radius 2 is 2.06 bits per heavy atom. The summed E-state index contributed by atoms with van der Waals surface area (Å²) in [6.45, 7) is 5.84. The standard InChI is InChI=1S/C11H23NO4/c1-8(2)5-9(13)6-12-7-11(3,15)10(14)16-4/h8-9,12-13,15H,5-7H2,1-4H3. The summed E-state index contributed by atoms with van der Waals surface area (Å²) >= 11 is 0. The second-order valence-corrected chi connectivity index (χ2v) is 4.68. The molecule has 16 heavy (non-hydrogen) atoms. The molecule has 0 saturated carbocycles. The third-order valence-electron chi connectivity index (χ3n) is 2.22. The Kier molecular flexibility index (Phi) is 6.55. The first kappa shape index (κ1) is 15.3. The van der Waals surface area contributed by atoms with E-state index in [1.54, 1.807) is 0 Å². The molecule has 96 valence electrons. The highest BCUT2D eigenvalue weighted by atomic mass is 16.5. The van der Waals surface area contributed by atoms with Crippen LogP contribution in [-0.4, -0.2) is 48.1 Å². The third-order valence-corrected chi connectivity index (χ3v) is 2.22. The number of hydrogen-bond acceptors (Lipinski definition) is 5. The van der Waals surface area contributed by atoms with Crippen LogP contribution in [0, 0.1) is 5.92 Å². The topological polar surface area (TPSA) is 78.8 Å². The van der Waals surface area contributed by atoms with Crippen LogP contribution in [0.4, 0.5) is 0 Å². The number of aliphatic hydroxyl groups excluding tert-OH is 1. The average Bonchev–Trinajstić information content (AvgIpc) is 2.14. The quantitative estimate of drug-likeness (QED) is 0.535. The highest BCUT2D eigenvalue weighted by Gasteiger charge is 2.30. The van der Waals surface area contributed by atoms with Gasteiger partial charge >= 0.3 is 5.97 Å². The van der Waals surface area contributed by atoms with Crippen LogP contribution in [0.25, 0.3) is 0 Å². The zero-order valence-corrected chi connectivity index (χ0v) is 10.5. The smallest absolute Gasteiger partial charge is 0.338 e. The number of rotatable bonds is 7. The number of hydrogen-bond donors (Lipinski definition) is 3. The highest BCUT2D eigenvalue weighted by molar-refractivity contribution is 5.78. The molecule has 0 fully saturated rings. The van der Waals surface area contributed by atoms with Gasteiger partial charge in [-0.2, -0.15) is 0 Å². The van der Waals surface area contributed by atoms with E-state index >= 15 is 0 Å². The predicted molar refractivity (Wildman–Crippen MR) is 61.0 cm³/mol. The van der Waals surface area contributed by atoms with Gasteiger partial charge in [-0.25, -0.2) is 4.79 Å². The molecule has 2 atom stereocenters. The van der Waals surface area contributed by atoms with Gasteiger partial charge in [-0.1, -0.05) is 13.8 Å². The summed E-state index contributed by atoms with van der Waals surface area (Å²) in [7, 11) is 1.23. The van der Waals surface area contributed by atoms with Crippen molar-refractivity contribution in [2.45, 2.75) is 38.9 Å². The second-order valence-electron chi connectivity index (χ2n) is 4.68. The molecular formula is C11H23NO4. The van der Waals surface area contributed by atoms with Crippen molar-refractivity contribution in [3.8, 4) is 0 Å². The first-order valence-electron chi connectivity index (χ1n) is 5.49. The summed E-state index contributed by atoms with van der Waals surface area (Å²) in [4.78, 5) is 11.1. The van der Waals surface area contributed by atoms with Crippen molar-refractivity contribution in [1.82, 2.24) is 5.32 Å². The van der Waals surface area contributed by atoms with Crippen LogP contribution in [0.3, 0.4) is 0 Å². The zero-order valence-electron chi connectivity index (χ0n) is 10.5. The molecule has 5 heteroatoms. The Morgan fingerprint density at radius 1 is 1.50 bits per heavy atom. The van der Waals surface area contributed by atoms with Crippen molar-refractivity contribution >= 4 is 5.97 Å². The number of ether oxygens (including phenoxy) is 1. The maximum atomic E-state index is 11.1. The summed E-state index contributed by atoms with van der Waals surface area (Å²) < 4.78 is 4.45. The Bertz CT molecular complexity index is 216. The lowest BCUT2D eigenvalue weighted by molar-refractivity contribution is -0.160. The summed E-state index contributed by atoms with van der Waals surface area (Å²) in [6, 6.07) is 0. The van der Waals surface area contributed by atoms with E-state index in [-0.39, 0.29) is 6.54 Å². The van der Waals surface area contributed by atoms with Gasteiger partial charge in [-0.3, -0.25) is 0 Å². The van der Waals surface area contributed by atoms with Crippen molar-refractivity contribution in [1.29, 1.82) is 0 Å². The maximum Gasteiger partial charge on any atom is 0.338 e. The summed E-state index contributed by atoms with van der Waals surface area (Å²) in [5, 5.41) is 22.1. The number of carbonyl (C=O) groups is 1. The Morgan fingerprint density at radius 3 is 2.50 bits per heavy atom. The normalized spacial score (nSPS) is 16.9. The maximum absolute atomic E-state index is 11.1. The van der Waals surface area contributed by atoms with Gasteiger partial charge in [0.15, 0.2) is 5.60 Å². The lowest BCUT2D eigenvalue weighted by Gasteiger charge is -2.22. The molecule has 0 bridgehead atoms. The van der Waals surface area contributed by atoms with E-state index in [1.807, 2.05) is 13.8 Å². The number of nitrogens with one attached hydrogen (secondary N) is 1. The molecule has 0 saturated heterocycles. The fourth-order valence-corrected chi connectivity index (χ4v) is 1.40. The lowest BCUT2D eigenvalue weighted by Crippen LogP contribution is -2.47. The molecule has 0 radical (unpaired) electrons. The summed E-state index contributed by atoms with van der Waals surface area (Å²) in [5.41, 5.74) is -1.55. The van der Waals surface area contributed by atoms with E-state index in [4.69, 9.17) is 0 Å². The molecule has 0 aromatic carbocycles. The van der Waals surface area contributed by atoms with Gasteiger partial charge < -0.3 is 20.3 Å². The van der Waals surface area contributed by atoms with Crippen LogP contribution < -0.4 is 5.32 Å². The Hall–Kier alpha value is -0.650. The van der Waals surface area contributed by atoms with E-state index in [2.05, 4.69) is 10.1 Å². The van der Waals surface area contributed by atoms with Crippen molar-refractivity contribution in [2.24, 2.45) is 5.92 Å². The first-order chi connectivity index (χ1) is 7.29. The minimum Gasteiger partial charge on any atom is -0.467 e. The van der Waals surface area contributed by atoms with Crippen molar-refractivity contribution in [2.75, 3.05) is 20.2 Å². The molecule has 0 rings (SSSR count). The molecule has 0 heterocycles. The Balaban J connectivity index is 3.84. The van der Waals surface area contributed by atoms with Gasteiger partial charge in [0.1, 0.15) is 0 Å². The molecule has 3 N–H and O–H groups in total. The highest BCUT2D eigenvalue weighted by Crippen LogP contribution is 2.05. The second kappa shape index (κ2) is 6.83. The van der Waals surface area contributed by atoms with Crippen molar-refractivity contribution in [3.63, 3.8) is 0 Å². The summed E-state index contributed by atoms with van der Waals surface area (Å²) in [5.74, 6) is -0.267. The molecule has 0 amide bonds. The zero-order chi connectivity index (χ0) is 12.8. The van der Waals surface area contributed by atoms with Gasteiger partial charge in [0, 0.05) is 13.1 Å². The summed E-state index contributed by atoms with van der Waals surface area (Å²) in [6.07, 6.45) is 0.223. The van der Waals surface area contributed by atoms with Crippen LogP contribution in [0.5, 0.6) is 0 Å². The molecule has 5 nitrogen and oxygen atoms in total.